The fourth-order valence-corrected chi connectivity index (χ4v) is 2.17. The summed E-state index contributed by atoms with van der Waals surface area (Å²) < 4.78 is 5.57. The quantitative estimate of drug-likeness (QED) is 0.680. The molecular formula is C18H16O4. The van der Waals surface area contributed by atoms with E-state index < -0.39 is 17.5 Å². The molecule has 2 rings (SSSR count). The van der Waals surface area contributed by atoms with Crippen molar-refractivity contribution in [2.45, 2.75) is 12.5 Å². The lowest BCUT2D eigenvalue weighted by atomic mass is 9.88. The van der Waals surface area contributed by atoms with Crippen molar-refractivity contribution in [1.82, 2.24) is 0 Å². The van der Waals surface area contributed by atoms with Crippen LogP contribution in [0.25, 0.3) is 0 Å². The van der Waals surface area contributed by atoms with E-state index in [0.29, 0.717) is 0 Å². The maximum absolute atomic E-state index is 11.9. The Kier molecular flexibility index (Phi) is 4.73. The number of carboxylic acids is 1. The lowest BCUT2D eigenvalue weighted by Crippen LogP contribution is -2.30. The van der Waals surface area contributed by atoms with E-state index in [0.717, 1.165) is 23.3 Å². The standard InChI is InChI=1S/C18H16O4/c1-18(14-8-4-2-5-9-14,15-10-6-3-7-11-15)22-17(21)13-12-16(19)20/h2-13H,1H3,(H,19,20). The first-order chi connectivity index (χ1) is 10.5. The van der Waals surface area contributed by atoms with Gasteiger partial charge in [-0.05, 0) is 18.1 Å². The summed E-state index contributed by atoms with van der Waals surface area (Å²) in [6.45, 7) is 1.78. The predicted molar refractivity (Wildman–Crippen MR) is 82.2 cm³/mol. The molecule has 4 nitrogen and oxygen atoms in total. The van der Waals surface area contributed by atoms with Gasteiger partial charge in [-0.3, -0.25) is 0 Å². The van der Waals surface area contributed by atoms with Gasteiger partial charge in [-0.1, -0.05) is 60.7 Å². The van der Waals surface area contributed by atoms with Crippen LogP contribution in [0.3, 0.4) is 0 Å². The van der Waals surface area contributed by atoms with Gasteiger partial charge in [0.15, 0.2) is 5.60 Å². The molecule has 0 aliphatic carbocycles. The third kappa shape index (κ3) is 3.61. The van der Waals surface area contributed by atoms with Crippen LogP contribution in [0, 0.1) is 0 Å². The van der Waals surface area contributed by atoms with Crippen LogP contribution in [-0.2, 0) is 19.9 Å². The zero-order chi connectivity index (χ0) is 16.0. The highest BCUT2D eigenvalue weighted by Gasteiger charge is 2.32. The SMILES string of the molecule is CC(OC(=O)C=CC(=O)O)(c1ccccc1)c1ccccc1. The molecule has 0 fully saturated rings. The van der Waals surface area contributed by atoms with E-state index in [4.69, 9.17) is 9.84 Å². The van der Waals surface area contributed by atoms with Crippen molar-refractivity contribution in [1.29, 1.82) is 0 Å². The molecule has 0 heterocycles. The summed E-state index contributed by atoms with van der Waals surface area (Å²) in [6, 6.07) is 18.6. The van der Waals surface area contributed by atoms with Gasteiger partial charge in [0.05, 0.1) is 0 Å². The van der Waals surface area contributed by atoms with Crippen LogP contribution in [0.1, 0.15) is 18.1 Å². The summed E-state index contributed by atoms with van der Waals surface area (Å²) >= 11 is 0. The van der Waals surface area contributed by atoms with Gasteiger partial charge in [-0.15, -0.1) is 0 Å². The Morgan fingerprint density at radius 3 is 1.77 bits per heavy atom. The molecule has 4 heteroatoms. The summed E-state index contributed by atoms with van der Waals surface area (Å²) in [6.07, 6.45) is 1.67. The first kappa shape index (κ1) is 15.5. The normalized spacial score (nSPS) is 11.3. The highest BCUT2D eigenvalue weighted by Crippen LogP contribution is 2.33. The third-order valence-corrected chi connectivity index (χ3v) is 3.32. The molecular weight excluding hydrogens is 280 g/mol. The van der Waals surface area contributed by atoms with Crippen LogP contribution >= 0.6 is 0 Å². The fraction of sp³-hybridized carbons (Fsp3) is 0.111. The molecule has 0 unspecified atom stereocenters. The Morgan fingerprint density at radius 1 is 0.909 bits per heavy atom. The van der Waals surface area contributed by atoms with Gasteiger partial charge in [-0.25, -0.2) is 9.59 Å². The van der Waals surface area contributed by atoms with E-state index in [1.54, 1.807) is 6.92 Å². The molecule has 0 amide bonds. The molecule has 1 N–H and O–H groups in total. The van der Waals surface area contributed by atoms with Gasteiger partial charge < -0.3 is 9.84 Å². The lowest BCUT2D eigenvalue weighted by molar-refractivity contribution is -0.149. The summed E-state index contributed by atoms with van der Waals surface area (Å²) in [5, 5.41) is 8.60. The Morgan fingerprint density at radius 2 is 1.36 bits per heavy atom. The number of aliphatic carboxylic acids is 1. The Labute approximate surface area is 128 Å². The van der Waals surface area contributed by atoms with E-state index in [1.807, 2.05) is 60.7 Å². The molecule has 0 bridgehead atoms. The van der Waals surface area contributed by atoms with Crippen LogP contribution < -0.4 is 0 Å². The molecule has 0 atom stereocenters. The van der Waals surface area contributed by atoms with Crippen molar-refractivity contribution < 1.29 is 19.4 Å². The van der Waals surface area contributed by atoms with Gasteiger partial charge in [0.1, 0.15) is 0 Å². The monoisotopic (exact) mass is 296 g/mol. The number of carbonyl (C=O) groups is 2. The number of esters is 1. The van der Waals surface area contributed by atoms with Gasteiger partial charge in [0.2, 0.25) is 0 Å². The highest BCUT2D eigenvalue weighted by atomic mass is 16.6. The Balaban J connectivity index is 2.39. The molecule has 0 aromatic heterocycles. The molecule has 0 aliphatic heterocycles. The number of hydrogen-bond donors (Lipinski definition) is 1. The maximum Gasteiger partial charge on any atom is 0.332 e. The second-order valence-corrected chi connectivity index (χ2v) is 4.86. The third-order valence-electron chi connectivity index (χ3n) is 3.32. The smallest absolute Gasteiger partial charge is 0.332 e. The van der Waals surface area contributed by atoms with E-state index >= 15 is 0 Å². The molecule has 0 saturated carbocycles. The van der Waals surface area contributed by atoms with E-state index in [9.17, 15) is 9.59 Å². The number of rotatable bonds is 5. The van der Waals surface area contributed by atoms with Crippen molar-refractivity contribution in [2.75, 3.05) is 0 Å². The van der Waals surface area contributed by atoms with Gasteiger partial charge in [0, 0.05) is 12.2 Å². The summed E-state index contributed by atoms with van der Waals surface area (Å²) in [5.74, 6) is -1.91. The van der Waals surface area contributed by atoms with Crippen LogP contribution in [0.15, 0.2) is 72.8 Å². The molecule has 22 heavy (non-hydrogen) atoms. The predicted octanol–water partition coefficient (Wildman–Crippen LogP) is 3.13. The second kappa shape index (κ2) is 6.72. The number of carbonyl (C=O) groups excluding carboxylic acids is 1. The number of benzene rings is 2. The van der Waals surface area contributed by atoms with Crippen LogP contribution in [0.4, 0.5) is 0 Å². The highest BCUT2D eigenvalue weighted by molar-refractivity contribution is 5.91. The average molecular weight is 296 g/mol. The number of carboxylic acid groups (broad SMARTS) is 1. The summed E-state index contributed by atoms with van der Waals surface area (Å²) in [4.78, 5) is 22.5. The zero-order valence-electron chi connectivity index (χ0n) is 12.1. The van der Waals surface area contributed by atoms with Crippen molar-refractivity contribution in [3.63, 3.8) is 0 Å². The lowest BCUT2D eigenvalue weighted by Gasteiger charge is -2.30. The van der Waals surface area contributed by atoms with E-state index in [1.165, 1.54) is 0 Å². The van der Waals surface area contributed by atoms with Gasteiger partial charge >= 0.3 is 11.9 Å². The van der Waals surface area contributed by atoms with Crippen molar-refractivity contribution in [3.05, 3.63) is 83.9 Å². The topological polar surface area (TPSA) is 63.6 Å². The van der Waals surface area contributed by atoms with Crippen LogP contribution in [0.2, 0.25) is 0 Å². The first-order valence-electron chi connectivity index (χ1n) is 6.77. The molecule has 0 aliphatic rings. The molecule has 0 spiro atoms. The number of hydrogen-bond acceptors (Lipinski definition) is 3. The van der Waals surface area contributed by atoms with Gasteiger partial charge in [-0.2, -0.15) is 0 Å². The molecule has 2 aromatic carbocycles. The van der Waals surface area contributed by atoms with Crippen molar-refractivity contribution in [2.24, 2.45) is 0 Å². The minimum Gasteiger partial charge on any atom is -0.478 e. The minimum atomic E-state index is -1.20. The fourth-order valence-electron chi connectivity index (χ4n) is 2.17. The summed E-state index contributed by atoms with van der Waals surface area (Å²) in [7, 11) is 0. The Hall–Kier alpha value is -2.88. The van der Waals surface area contributed by atoms with E-state index in [-0.39, 0.29) is 0 Å². The minimum absolute atomic E-state index is 0.711. The molecule has 2 aromatic rings. The van der Waals surface area contributed by atoms with Crippen LogP contribution in [0.5, 0.6) is 0 Å². The first-order valence-corrected chi connectivity index (χ1v) is 6.77. The average Bonchev–Trinajstić information content (AvgIpc) is 2.54. The summed E-state index contributed by atoms with van der Waals surface area (Å²) in [5.41, 5.74) is 0.610. The van der Waals surface area contributed by atoms with Crippen molar-refractivity contribution >= 4 is 11.9 Å². The largest absolute Gasteiger partial charge is 0.478 e. The number of ether oxygens (including phenoxy) is 1. The maximum atomic E-state index is 11.9. The van der Waals surface area contributed by atoms with Crippen molar-refractivity contribution in [3.8, 4) is 0 Å². The second-order valence-electron chi connectivity index (χ2n) is 4.86. The Bertz CT molecular complexity index is 635. The van der Waals surface area contributed by atoms with Crippen LogP contribution in [-0.4, -0.2) is 17.0 Å². The molecule has 0 saturated heterocycles. The zero-order valence-corrected chi connectivity index (χ0v) is 12.1. The molecule has 0 radical (unpaired) electrons. The van der Waals surface area contributed by atoms with Gasteiger partial charge in [0.25, 0.3) is 0 Å². The molecule has 112 valence electrons. The van der Waals surface area contributed by atoms with E-state index in [2.05, 4.69) is 0 Å².